The molecule has 1 saturated heterocycles. The van der Waals surface area contributed by atoms with E-state index < -0.39 is 0 Å². The van der Waals surface area contributed by atoms with Crippen molar-refractivity contribution in [1.29, 1.82) is 0 Å². The third kappa shape index (κ3) is 6.37. The van der Waals surface area contributed by atoms with Gasteiger partial charge in [0.1, 0.15) is 0 Å². The second kappa shape index (κ2) is 12.7. The third-order valence-corrected chi connectivity index (χ3v) is 8.33. The van der Waals surface area contributed by atoms with Crippen LogP contribution in [0, 0.1) is 6.92 Å². The number of rotatable bonds is 8. The lowest BCUT2D eigenvalue weighted by Gasteiger charge is -2.27. The van der Waals surface area contributed by atoms with Crippen LogP contribution in [-0.2, 0) is 11.3 Å². The number of nitrogens with one attached hydrogen (secondary N) is 2. The monoisotopic (exact) mass is 664 g/mol. The van der Waals surface area contributed by atoms with Crippen molar-refractivity contribution in [2.75, 3.05) is 41.9 Å². The van der Waals surface area contributed by atoms with Crippen molar-refractivity contribution in [1.82, 2.24) is 19.5 Å². The molecule has 214 valence electrons. The molecule has 5 aromatic rings. The molecule has 0 unspecified atom stereocenters. The topological polar surface area (TPSA) is 92.5 Å². The van der Waals surface area contributed by atoms with E-state index in [9.17, 15) is 0 Å². The maximum atomic E-state index is 6.45. The van der Waals surface area contributed by atoms with E-state index >= 15 is 0 Å². The molecule has 1 aliphatic rings. The number of anilines is 4. The number of benzene rings is 3. The average molecular weight is 666 g/mol. The van der Waals surface area contributed by atoms with Crippen LogP contribution in [0.15, 0.2) is 76.4 Å². The molecular weight excluding hydrogens is 639 g/mol. The number of aromatic nitrogens is 4. The Morgan fingerprint density at radius 1 is 0.976 bits per heavy atom. The first-order valence-corrected chi connectivity index (χ1v) is 14.9. The normalized spacial score (nSPS) is 13.7. The van der Waals surface area contributed by atoms with E-state index in [0.717, 1.165) is 42.8 Å². The van der Waals surface area contributed by atoms with Crippen LogP contribution in [0.25, 0.3) is 10.9 Å². The zero-order valence-corrected chi connectivity index (χ0v) is 25.8. The molecule has 2 N–H and O–H groups in total. The highest BCUT2D eigenvalue weighted by Gasteiger charge is 2.18. The Morgan fingerprint density at radius 3 is 2.57 bits per heavy atom. The molecule has 0 amide bonds. The summed E-state index contributed by atoms with van der Waals surface area (Å²) in [6.45, 7) is 5.16. The van der Waals surface area contributed by atoms with Crippen molar-refractivity contribution in [3.63, 3.8) is 0 Å². The largest absolute Gasteiger partial charge is 0.378 e. The first kappa shape index (κ1) is 28.4. The molecule has 12 heteroatoms. The first-order chi connectivity index (χ1) is 20.4. The zero-order chi connectivity index (χ0) is 29.1. The van der Waals surface area contributed by atoms with Gasteiger partial charge < -0.3 is 19.5 Å². The van der Waals surface area contributed by atoms with E-state index in [-0.39, 0.29) is 0 Å². The lowest BCUT2D eigenvalue weighted by atomic mass is 10.2. The lowest BCUT2D eigenvalue weighted by molar-refractivity contribution is 0.122. The van der Waals surface area contributed by atoms with Gasteiger partial charge in [-0.3, -0.25) is 0 Å². The number of halogens is 3. The number of hydrogen-bond donors (Lipinski definition) is 2. The number of nitrogens with zero attached hydrogens (tertiary/aromatic N) is 6. The number of hydrazone groups is 1. The maximum absolute atomic E-state index is 6.45. The Morgan fingerprint density at radius 2 is 1.74 bits per heavy atom. The van der Waals surface area contributed by atoms with Crippen molar-refractivity contribution in [2.24, 2.45) is 5.10 Å². The number of aryl methyl sites for hydroxylation is 1. The van der Waals surface area contributed by atoms with Crippen LogP contribution in [-0.4, -0.2) is 52.0 Å². The predicted octanol–water partition coefficient (Wildman–Crippen LogP) is 7.28. The Bertz CT molecular complexity index is 1770. The summed E-state index contributed by atoms with van der Waals surface area (Å²) in [6, 6.07) is 19.9. The van der Waals surface area contributed by atoms with Crippen LogP contribution in [0.5, 0.6) is 0 Å². The van der Waals surface area contributed by atoms with Gasteiger partial charge in [0.25, 0.3) is 0 Å². The van der Waals surface area contributed by atoms with Crippen LogP contribution >= 0.6 is 39.1 Å². The number of para-hydroxylation sites is 1. The number of morpholine rings is 1. The molecule has 0 aliphatic carbocycles. The summed E-state index contributed by atoms with van der Waals surface area (Å²) in [5.74, 6) is 1.19. The molecule has 6 rings (SSSR count). The molecule has 0 radical (unpaired) electrons. The minimum absolute atomic E-state index is 0.305. The Hall–Kier alpha value is -3.70. The molecule has 0 atom stereocenters. The van der Waals surface area contributed by atoms with Crippen LogP contribution in [0.1, 0.15) is 16.7 Å². The highest BCUT2D eigenvalue weighted by atomic mass is 79.9. The van der Waals surface area contributed by atoms with Gasteiger partial charge in [-0.25, -0.2) is 5.43 Å². The van der Waals surface area contributed by atoms with E-state index in [0.29, 0.717) is 55.7 Å². The summed E-state index contributed by atoms with van der Waals surface area (Å²) < 4.78 is 8.53. The van der Waals surface area contributed by atoms with Crippen LogP contribution in [0.4, 0.5) is 23.5 Å². The van der Waals surface area contributed by atoms with Gasteiger partial charge in [-0.1, -0.05) is 59.6 Å². The van der Waals surface area contributed by atoms with Crippen LogP contribution in [0.2, 0.25) is 10.0 Å². The van der Waals surface area contributed by atoms with Gasteiger partial charge in [0.05, 0.1) is 25.1 Å². The number of hydrogen-bond acceptors (Lipinski definition) is 8. The van der Waals surface area contributed by atoms with Crippen molar-refractivity contribution < 1.29 is 4.74 Å². The van der Waals surface area contributed by atoms with Crippen molar-refractivity contribution in [3.05, 3.63) is 98.1 Å². The number of fused-ring (bicyclic) bond motifs is 1. The highest BCUT2D eigenvalue weighted by molar-refractivity contribution is 9.10. The van der Waals surface area contributed by atoms with Gasteiger partial charge in [-0.15, -0.1) is 0 Å². The second-order valence-electron chi connectivity index (χ2n) is 9.78. The summed E-state index contributed by atoms with van der Waals surface area (Å²) in [4.78, 5) is 16.0. The van der Waals surface area contributed by atoms with Crippen molar-refractivity contribution >= 4 is 79.8 Å². The summed E-state index contributed by atoms with van der Waals surface area (Å²) in [5.41, 5.74) is 7.79. The fourth-order valence-electron chi connectivity index (χ4n) is 4.72. The van der Waals surface area contributed by atoms with E-state index in [1.165, 1.54) is 0 Å². The average Bonchev–Trinajstić information content (AvgIpc) is 3.34. The first-order valence-electron chi connectivity index (χ1n) is 13.4. The Labute approximate surface area is 261 Å². The number of ether oxygens (including phenoxy) is 1. The molecule has 2 aromatic heterocycles. The lowest BCUT2D eigenvalue weighted by Crippen LogP contribution is -2.37. The van der Waals surface area contributed by atoms with Gasteiger partial charge in [-0.2, -0.15) is 20.1 Å². The summed E-state index contributed by atoms with van der Waals surface area (Å²) in [6.07, 6.45) is 3.84. The van der Waals surface area contributed by atoms with E-state index in [4.69, 9.17) is 27.9 Å². The second-order valence-corrected chi connectivity index (χ2v) is 11.4. The van der Waals surface area contributed by atoms with Gasteiger partial charge in [-0.05, 0) is 58.2 Å². The fourth-order valence-corrected chi connectivity index (χ4v) is 5.63. The molecule has 1 aliphatic heterocycles. The molecule has 42 heavy (non-hydrogen) atoms. The zero-order valence-electron chi connectivity index (χ0n) is 22.7. The Balaban J connectivity index is 1.28. The van der Waals surface area contributed by atoms with Crippen molar-refractivity contribution in [3.8, 4) is 0 Å². The molecule has 3 heterocycles. The predicted molar refractivity (Wildman–Crippen MR) is 174 cm³/mol. The van der Waals surface area contributed by atoms with Gasteiger partial charge >= 0.3 is 0 Å². The molecule has 3 aromatic carbocycles. The van der Waals surface area contributed by atoms with E-state index in [2.05, 4.69) is 74.5 Å². The molecule has 0 spiro atoms. The van der Waals surface area contributed by atoms with Crippen molar-refractivity contribution in [2.45, 2.75) is 13.5 Å². The van der Waals surface area contributed by atoms with Crippen LogP contribution < -0.4 is 15.6 Å². The van der Waals surface area contributed by atoms with Gasteiger partial charge in [0, 0.05) is 56.8 Å². The molecule has 1 fully saturated rings. The van der Waals surface area contributed by atoms with E-state index in [1.807, 2.05) is 55.5 Å². The maximum Gasteiger partial charge on any atom is 0.250 e. The Kier molecular flexibility index (Phi) is 8.57. The molecule has 9 nitrogen and oxygen atoms in total. The molecule has 0 bridgehead atoms. The summed E-state index contributed by atoms with van der Waals surface area (Å²) in [7, 11) is 0. The minimum Gasteiger partial charge on any atom is -0.378 e. The quantitative estimate of drug-likeness (QED) is 0.133. The fraction of sp³-hybridized carbons (Fsp3) is 0.200. The molecular formula is C30H27BrCl2N8O. The summed E-state index contributed by atoms with van der Waals surface area (Å²) in [5, 5.41) is 10.2. The highest BCUT2D eigenvalue weighted by Crippen LogP contribution is 2.31. The van der Waals surface area contributed by atoms with Gasteiger partial charge in [0.15, 0.2) is 0 Å². The minimum atomic E-state index is 0.305. The van der Waals surface area contributed by atoms with Crippen LogP contribution in [0.3, 0.4) is 0 Å². The van der Waals surface area contributed by atoms with E-state index in [1.54, 1.807) is 6.21 Å². The summed E-state index contributed by atoms with van der Waals surface area (Å²) >= 11 is 16.4. The third-order valence-electron chi connectivity index (χ3n) is 6.90. The molecule has 0 saturated carbocycles. The SMILES string of the molecule is Cc1cc(Br)c(Nc2nc(NN=Cc3cn(Cc4ccccc4Cl)c4ccccc34)nc(N3CCOCC3)n2)cc1Cl. The van der Waals surface area contributed by atoms with Gasteiger partial charge in [0.2, 0.25) is 17.8 Å². The standard InChI is InChI=1S/C30H27BrCl2N8O/c1-19-14-23(31)26(15-25(19)33)35-28-36-29(38-30(37-28)40-10-12-42-13-11-40)39-34-16-21-18-41(27-9-5-3-7-22(21)27)17-20-6-2-4-8-24(20)32/h2-9,14-16,18H,10-13,17H2,1H3,(H2,35,36,37,38,39). The smallest absolute Gasteiger partial charge is 0.250 e.